The lowest BCUT2D eigenvalue weighted by atomic mass is 9.75. The van der Waals surface area contributed by atoms with Crippen LogP contribution in [0.5, 0.6) is 0 Å². The van der Waals surface area contributed by atoms with Gasteiger partial charge in [0, 0.05) is 38.9 Å². The minimum absolute atomic E-state index is 0.0199. The third-order valence-corrected chi connectivity index (χ3v) is 7.42. The van der Waals surface area contributed by atoms with E-state index in [2.05, 4.69) is 0 Å². The second-order valence-corrected chi connectivity index (χ2v) is 9.51. The normalized spacial score (nSPS) is 22.2. The molecule has 3 aromatic rings. The van der Waals surface area contributed by atoms with Crippen LogP contribution in [-0.2, 0) is 19.8 Å². The second-order valence-electron chi connectivity index (χ2n) is 9.51. The lowest BCUT2D eigenvalue weighted by Gasteiger charge is -2.29. The summed E-state index contributed by atoms with van der Waals surface area (Å²) in [5, 5.41) is 0. The number of nitrogens with zero attached hydrogens (tertiary/aromatic N) is 2. The minimum atomic E-state index is -1.20. The quantitative estimate of drug-likeness (QED) is 0.515. The zero-order chi connectivity index (χ0) is 24.6. The molecule has 0 spiro atoms. The van der Waals surface area contributed by atoms with E-state index in [4.69, 9.17) is 0 Å². The Labute approximate surface area is 204 Å². The second kappa shape index (κ2) is 9.10. The van der Waals surface area contributed by atoms with Crippen LogP contribution < -0.4 is 0 Å². The summed E-state index contributed by atoms with van der Waals surface area (Å²) in [5.74, 6) is -0.908. The fraction of sp³-hybridized carbons (Fsp3) is 0.276. The monoisotopic (exact) mass is 470 g/mol. The number of hydrogen-bond donors (Lipinski definition) is 0. The van der Waals surface area contributed by atoms with E-state index in [0.29, 0.717) is 18.7 Å². The molecule has 5 rings (SSSR count). The number of halogens is 1. The number of benzene rings is 3. The Bertz CT molecular complexity index is 1260. The van der Waals surface area contributed by atoms with E-state index in [0.717, 1.165) is 28.0 Å². The Hall–Kier alpha value is -3.80. The van der Waals surface area contributed by atoms with E-state index in [1.54, 1.807) is 17.0 Å². The van der Waals surface area contributed by atoms with Crippen molar-refractivity contribution in [2.24, 2.45) is 0 Å². The van der Waals surface area contributed by atoms with E-state index in [1.807, 2.05) is 54.6 Å². The van der Waals surface area contributed by atoms with Crippen molar-refractivity contribution < 1.29 is 18.8 Å². The van der Waals surface area contributed by atoms with Crippen molar-refractivity contribution in [3.8, 4) is 11.1 Å². The van der Waals surface area contributed by atoms with Crippen molar-refractivity contribution in [2.75, 3.05) is 20.1 Å². The molecular weight excluding hydrogens is 443 g/mol. The summed E-state index contributed by atoms with van der Waals surface area (Å²) < 4.78 is 13.3. The van der Waals surface area contributed by atoms with Gasteiger partial charge in [0.05, 0.1) is 5.41 Å². The number of imide groups is 1. The molecule has 6 heteroatoms. The molecule has 2 saturated heterocycles. The maximum atomic E-state index is 13.4. The van der Waals surface area contributed by atoms with Crippen LogP contribution in [-0.4, -0.2) is 47.7 Å². The minimum Gasteiger partial charge on any atom is -0.342 e. The number of rotatable bonds is 5. The van der Waals surface area contributed by atoms with Crippen LogP contribution >= 0.6 is 0 Å². The summed E-state index contributed by atoms with van der Waals surface area (Å²) >= 11 is 0. The van der Waals surface area contributed by atoms with E-state index in [-0.39, 0.29) is 42.3 Å². The number of carbonyl (C=O) groups is 3. The Morgan fingerprint density at radius 3 is 2.23 bits per heavy atom. The van der Waals surface area contributed by atoms with Gasteiger partial charge in [-0.3, -0.25) is 19.3 Å². The zero-order valence-corrected chi connectivity index (χ0v) is 19.6. The fourth-order valence-corrected chi connectivity index (χ4v) is 5.33. The number of hydrogen-bond acceptors (Lipinski definition) is 3. The van der Waals surface area contributed by atoms with Crippen LogP contribution in [0, 0.1) is 5.82 Å². The van der Waals surface area contributed by atoms with Crippen molar-refractivity contribution in [3.63, 3.8) is 0 Å². The average molecular weight is 471 g/mol. The summed E-state index contributed by atoms with van der Waals surface area (Å²) in [6.45, 7) is 1.09. The standard InChI is InChI=1S/C29H27FN2O3/c1-31-26(33)17-29(28(31)35,24-11-7-21(8-12-24)20-5-3-2-4-6-20)18-27(34)32-16-15-23(19-32)22-9-13-25(30)14-10-22/h2-14,23H,15-19H2,1H3/t23-,29+/m0/s1. The van der Waals surface area contributed by atoms with E-state index >= 15 is 0 Å². The highest BCUT2D eigenvalue weighted by molar-refractivity contribution is 6.10. The van der Waals surface area contributed by atoms with E-state index in [1.165, 1.54) is 19.2 Å². The third kappa shape index (κ3) is 4.25. The van der Waals surface area contributed by atoms with Gasteiger partial charge in [0.1, 0.15) is 5.82 Å². The first-order chi connectivity index (χ1) is 16.9. The fourth-order valence-electron chi connectivity index (χ4n) is 5.33. The molecule has 0 unspecified atom stereocenters. The van der Waals surface area contributed by atoms with Crippen molar-refractivity contribution in [3.05, 3.63) is 95.8 Å². The molecule has 0 radical (unpaired) electrons. The zero-order valence-electron chi connectivity index (χ0n) is 19.6. The first-order valence-corrected chi connectivity index (χ1v) is 11.9. The SMILES string of the molecule is CN1C(=O)C[C@@](CC(=O)N2CC[C@H](c3ccc(F)cc3)C2)(c2ccc(-c3ccccc3)cc2)C1=O. The highest BCUT2D eigenvalue weighted by Gasteiger charge is 2.53. The highest BCUT2D eigenvalue weighted by Crippen LogP contribution is 2.41. The predicted octanol–water partition coefficient (Wildman–Crippen LogP) is 4.53. The summed E-state index contributed by atoms with van der Waals surface area (Å²) in [6, 6.07) is 23.9. The average Bonchev–Trinajstić information content (AvgIpc) is 3.46. The van der Waals surface area contributed by atoms with Crippen LogP contribution in [0.4, 0.5) is 4.39 Å². The van der Waals surface area contributed by atoms with Gasteiger partial charge < -0.3 is 4.90 Å². The van der Waals surface area contributed by atoms with Crippen LogP contribution in [0.1, 0.15) is 36.3 Å². The molecule has 2 aliphatic rings. The molecule has 178 valence electrons. The smallest absolute Gasteiger partial charge is 0.240 e. The van der Waals surface area contributed by atoms with Crippen LogP contribution in [0.3, 0.4) is 0 Å². The van der Waals surface area contributed by atoms with Gasteiger partial charge in [-0.1, -0.05) is 66.7 Å². The molecule has 0 aliphatic carbocycles. The Kier molecular flexibility index (Phi) is 5.97. The van der Waals surface area contributed by atoms with Crippen LogP contribution in [0.25, 0.3) is 11.1 Å². The Morgan fingerprint density at radius 2 is 1.60 bits per heavy atom. The number of likely N-dealkylation sites (N-methyl/N-ethyl adjacent to an activating group) is 1. The first kappa shape index (κ1) is 23.0. The van der Waals surface area contributed by atoms with Crippen molar-refractivity contribution in [2.45, 2.75) is 30.6 Å². The lowest BCUT2D eigenvalue weighted by molar-refractivity contribution is -0.141. The van der Waals surface area contributed by atoms with Crippen molar-refractivity contribution >= 4 is 17.7 Å². The molecule has 35 heavy (non-hydrogen) atoms. The molecular formula is C29H27FN2O3. The van der Waals surface area contributed by atoms with Gasteiger partial charge in [0.2, 0.25) is 17.7 Å². The highest BCUT2D eigenvalue weighted by atomic mass is 19.1. The Balaban J connectivity index is 1.39. The van der Waals surface area contributed by atoms with E-state index < -0.39 is 5.41 Å². The van der Waals surface area contributed by atoms with Gasteiger partial charge in [0.15, 0.2) is 0 Å². The molecule has 0 aromatic heterocycles. The largest absolute Gasteiger partial charge is 0.342 e. The van der Waals surface area contributed by atoms with E-state index in [9.17, 15) is 18.8 Å². The number of amides is 3. The summed E-state index contributed by atoms with van der Waals surface area (Å²) in [7, 11) is 1.48. The van der Waals surface area contributed by atoms with Crippen LogP contribution in [0.2, 0.25) is 0 Å². The van der Waals surface area contributed by atoms with Gasteiger partial charge in [-0.05, 0) is 40.8 Å². The molecule has 0 N–H and O–H groups in total. The summed E-state index contributed by atoms with van der Waals surface area (Å²) in [4.78, 5) is 42.3. The van der Waals surface area contributed by atoms with Gasteiger partial charge in [0.25, 0.3) is 0 Å². The van der Waals surface area contributed by atoms with Crippen LogP contribution in [0.15, 0.2) is 78.9 Å². The molecule has 5 nitrogen and oxygen atoms in total. The van der Waals surface area contributed by atoms with Gasteiger partial charge in [-0.2, -0.15) is 0 Å². The van der Waals surface area contributed by atoms with Crippen molar-refractivity contribution in [1.82, 2.24) is 9.80 Å². The van der Waals surface area contributed by atoms with Crippen molar-refractivity contribution in [1.29, 1.82) is 0 Å². The first-order valence-electron chi connectivity index (χ1n) is 11.9. The molecule has 0 saturated carbocycles. The topological polar surface area (TPSA) is 57.7 Å². The molecule has 3 aromatic carbocycles. The number of carbonyl (C=O) groups excluding carboxylic acids is 3. The molecule has 2 fully saturated rings. The lowest BCUT2D eigenvalue weighted by Crippen LogP contribution is -2.42. The number of likely N-dealkylation sites (tertiary alicyclic amines) is 2. The maximum Gasteiger partial charge on any atom is 0.240 e. The molecule has 2 aliphatic heterocycles. The summed E-state index contributed by atoms with van der Waals surface area (Å²) in [5.41, 5.74) is 2.54. The van der Waals surface area contributed by atoms with Gasteiger partial charge >= 0.3 is 0 Å². The maximum absolute atomic E-state index is 13.4. The van der Waals surface area contributed by atoms with Gasteiger partial charge in [-0.15, -0.1) is 0 Å². The molecule has 2 heterocycles. The molecule has 3 amide bonds. The Morgan fingerprint density at radius 1 is 0.943 bits per heavy atom. The van der Waals surface area contributed by atoms with Gasteiger partial charge in [-0.25, -0.2) is 4.39 Å². The predicted molar refractivity (Wildman–Crippen MR) is 131 cm³/mol. The molecule has 2 atom stereocenters. The third-order valence-electron chi connectivity index (χ3n) is 7.42. The summed E-state index contributed by atoms with van der Waals surface area (Å²) in [6.07, 6.45) is 0.708. The molecule has 0 bridgehead atoms.